The fourth-order valence-corrected chi connectivity index (χ4v) is 4.43. The molecule has 1 aromatic carbocycles. The maximum atomic E-state index is 12.5. The highest BCUT2D eigenvalue weighted by Crippen LogP contribution is 2.35. The fraction of sp³-hybridized carbons (Fsp3) is 0.583. The number of nitrogens with zero attached hydrogens (tertiary/aromatic N) is 4. The monoisotopic (exact) mass is 424 g/mol. The van der Waals surface area contributed by atoms with E-state index in [2.05, 4.69) is 17.0 Å². The van der Waals surface area contributed by atoms with Crippen molar-refractivity contribution in [3.8, 4) is 0 Å². The SMILES string of the molecule is CCCCCCCCCC(C)OC1=Nn2c(nc3ccccc32)C1N1C(=O)CCC1=O. The highest BCUT2D eigenvalue weighted by Gasteiger charge is 2.45. The normalized spacial score (nSPS) is 19.2. The van der Waals surface area contributed by atoms with Gasteiger partial charge in [0.15, 0.2) is 11.9 Å². The molecule has 0 bridgehead atoms. The van der Waals surface area contributed by atoms with Gasteiger partial charge < -0.3 is 4.74 Å². The summed E-state index contributed by atoms with van der Waals surface area (Å²) in [6.45, 7) is 4.26. The Bertz CT molecular complexity index is 964. The van der Waals surface area contributed by atoms with Gasteiger partial charge in [-0.05, 0) is 31.9 Å². The van der Waals surface area contributed by atoms with Crippen LogP contribution in [0.25, 0.3) is 11.0 Å². The quantitative estimate of drug-likeness (QED) is 0.399. The number of hydrogen-bond acceptors (Lipinski definition) is 5. The molecule has 3 heterocycles. The summed E-state index contributed by atoms with van der Waals surface area (Å²) in [5.74, 6) is 0.591. The summed E-state index contributed by atoms with van der Waals surface area (Å²) in [6, 6.07) is 7.01. The summed E-state index contributed by atoms with van der Waals surface area (Å²) in [5.41, 5.74) is 1.64. The fourth-order valence-electron chi connectivity index (χ4n) is 4.43. The number of fused-ring (bicyclic) bond motifs is 3. The van der Waals surface area contributed by atoms with Crippen LogP contribution in [0.15, 0.2) is 29.4 Å². The van der Waals surface area contributed by atoms with Gasteiger partial charge in [-0.2, -0.15) is 0 Å². The molecule has 0 N–H and O–H groups in total. The van der Waals surface area contributed by atoms with E-state index in [4.69, 9.17) is 4.74 Å². The van der Waals surface area contributed by atoms with Crippen LogP contribution >= 0.6 is 0 Å². The average Bonchev–Trinajstić information content (AvgIpc) is 3.39. The van der Waals surface area contributed by atoms with Crippen molar-refractivity contribution in [2.45, 2.75) is 90.2 Å². The molecule has 7 nitrogen and oxygen atoms in total. The first kappa shape index (κ1) is 21.5. The van der Waals surface area contributed by atoms with Gasteiger partial charge >= 0.3 is 0 Å². The molecule has 2 amide bonds. The number of imide groups is 1. The Morgan fingerprint density at radius 3 is 2.45 bits per heavy atom. The van der Waals surface area contributed by atoms with Crippen LogP contribution < -0.4 is 0 Å². The molecule has 31 heavy (non-hydrogen) atoms. The molecule has 1 saturated heterocycles. The minimum atomic E-state index is -0.675. The van der Waals surface area contributed by atoms with E-state index in [0.717, 1.165) is 23.9 Å². The second kappa shape index (κ2) is 9.62. The van der Waals surface area contributed by atoms with Crippen molar-refractivity contribution < 1.29 is 14.3 Å². The summed E-state index contributed by atoms with van der Waals surface area (Å²) in [7, 11) is 0. The molecule has 2 aromatic rings. The lowest BCUT2D eigenvalue weighted by molar-refractivity contribution is -0.140. The third kappa shape index (κ3) is 4.50. The summed E-state index contributed by atoms with van der Waals surface area (Å²) in [4.78, 5) is 31.0. The zero-order valence-corrected chi connectivity index (χ0v) is 18.5. The van der Waals surface area contributed by atoms with Crippen LogP contribution in [0.1, 0.15) is 89.9 Å². The Morgan fingerprint density at radius 1 is 1.03 bits per heavy atom. The van der Waals surface area contributed by atoms with E-state index in [1.54, 1.807) is 4.68 Å². The van der Waals surface area contributed by atoms with E-state index >= 15 is 0 Å². The number of likely N-dealkylation sites (tertiary alicyclic amines) is 1. The first-order chi connectivity index (χ1) is 15.1. The molecule has 166 valence electrons. The molecule has 1 aromatic heterocycles. The van der Waals surface area contributed by atoms with Crippen molar-refractivity contribution in [3.63, 3.8) is 0 Å². The van der Waals surface area contributed by atoms with Crippen LogP contribution in [0.4, 0.5) is 0 Å². The first-order valence-electron chi connectivity index (χ1n) is 11.7. The first-order valence-corrected chi connectivity index (χ1v) is 11.7. The lowest BCUT2D eigenvalue weighted by atomic mass is 10.1. The maximum absolute atomic E-state index is 12.5. The molecule has 0 saturated carbocycles. The number of amides is 2. The molecule has 1 fully saturated rings. The molecule has 2 atom stereocenters. The lowest BCUT2D eigenvalue weighted by Crippen LogP contribution is -2.38. The Kier molecular flexibility index (Phi) is 6.68. The summed E-state index contributed by atoms with van der Waals surface area (Å²) >= 11 is 0. The van der Waals surface area contributed by atoms with Crippen LogP contribution in [0.3, 0.4) is 0 Å². The summed E-state index contributed by atoms with van der Waals surface area (Å²) < 4.78 is 7.93. The summed E-state index contributed by atoms with van der Waals surface area (Å²) in [6.07, 6.45) is 10.1. The van der Waals surface area contributed by atoms with Crippen molar-refractivity contribution in [2.24, 2.45) is 5.10 Å². The van der Waals surface area contributed by atoms with Gasteiger partial charge in [0.2, 0.25) is 17.7 Å². The van der Waals surface area contributed by atoms with Crippen molar-refractivity contribution in [1.29, 1.82) is 0 Å². The number of ether oxygens (including phenoxy) is 1. The van der Waals surface area contributed by atoms with Crippen LogP contribution in [-0.2, 0) is 14.3 Å². The predicted molar refractivity (Wildman–Crippen MR) is 120 cm³/mol. The number of carbonyl (C=O) groups excluding carboxylic acids is 2. The topological polar surface area (TPSA) is 76.8 Å². The number of rotatable bonds is 10. The van der Waals surface area contributed by atoms with Crippen LogP contribution in [-0.4, -0.2) is 38.4 Å². The van der Waals surface area contributed by atoms with Gasteiger partial charge in [-0.1, -0.05) is 57.6 Å². The molecule has 0 aliphatic carbocycles. The van der Waals surface area contributed by atoms with Crippen molar-refractivity contribution in [3.05, 3.63) is 30.1 Å². The number of aromatic nitrogens is 2. The van der Waals surface area contributed by atoms with Gasteiger partial charge in [-0.25, -0.2) is 9.66 Å². The second-order valence-corrected chi connectivity index (χ2v) is 8.61. The van der Waals surface area contributed by atoms with Crippen molar-refractivity contribution in [2.75, 3.05) is 0 Å². The molecule has 2 unspecified atom stereocenters. The zero-order chi connectivity index (χ0) is 21.8. The van der Waals surface area contributed by atoms with Crippen LogP contribution in [0.5, 0.6) is 0 Å². The van der Waals surface area contributed by atoms with E-state index in [1.165, 1.54) is 43.4 Å². The number of para-hydroxylation sites is 2. The highest BCUT2D eigenvalue weighted by molar-refractivity contribution is 6.06. The van der Waals surface area contributed by atoms with Gasteiger partial charge in [0.05, 0.1) is 17.1 Å². The minimum Gasteiger partial charge on any atom is -0.475 e. The Balaban J connectivity index is 1.46. The van der Waals surface area contributed by atoms with Gasteiger partial charge in [0, 0.05) is 12.8 Å². The number of hydrogen-bond donors (Lipinski definition) is 0. The summed E-state index contributed by atoms with van der Waals surface area (Å²) in [5, 5.41) is 4.66. The largest absolute Gasteiger partial charge is 0.475 e. The highest BCUT2D eigenvalue weighted by atomic mass is 16.5. The molecular weight excluding hydrogens is 392 g/mol. The van der Waals surface area contributed by atoms with Crippen LogP contribution in [0, 0.1) is 0 Å². The van der Waals surface area contributed by atoms with E-state index in [1.807, 2.05) is 31.2 Å². The van der Waals surface area contributed by atoms with Gasteiger partial charge in [0.25, 0.3) is 0 Å². The predicted octanol–water partition coefficient (Wildman–Crippen LogP) is 4.95. The average molecular weight is 425 g/mol. The van der Waals surface area contributed by atoms with Crippen LogP contribution in [0.2, 0.25) is 0 Å². The van der Waals surface area contributed by atoms with Gasteiger partial charge in [-0.3, -0.25) is 14.5 Å². The molecule has 4 rings (SSSR count). The molecule has 2 aliphatic rings. The van der Waals surface area contributed by atoms with Crippen molar-refractivity contribution in [1.82, 2.24) is 14.6 Å². The zero-order valence-electron chi connectivity index (χ0n) is 18.5. The Morgan fingerprint density at radius 2 is 1.71 bits per heavy atom. The molecule has 7 heteroatoms. The number of unbranched alkanes of at least 4 members (excludes halogenated alkanes) is 6. The van der Waals surface area contributed by atoms with E-state index in [-0.39, 0.29) is 30.8 Å². The Labute approximate surface area is 183 Å². The lowest BCUT2D eigenvalue weighted by Gasteiger charge is -2.24. The van der Waals surface area contributed by atoms with E-state index in [9.17, 15) is 9.59 Å². The van der Waals surface area contributed by atoms with Crippen molar-refractivity contribution >= 4 is 28.7 Å². The minimum absolute atomic E-state index is 0.0411. The van der Waals surface area contributed by atoms with Gasteiger partial charge in [-0.15, -0.1) is 5.10 Å². The smallest absolute Gasteiger partial charge is 0.238 e. The van der Waals surface area contributed by atoms with Gasteiger partial charge in [0.1, 0.15) is 0 Å². The van der Waals surface area contributed by atoms with E-state index < -0.39 is 6.04 Å². The third-order valence-electron chi connectivity index (χ3n) is 6.12. The second-order valence-electron chi connectivity index (χ2n) is 8.61. The molecular formula is C24H32N4O3. The van der Waals surface area contributed by atoms with E-state index in [0.29, 0.717) is 11.7 Å². The molecule has 2 aliphatic heterocycles. The molecule has 0 radical (unpaired) electrons. The Hall–Kier alpha value is -2.70. The number of carbonyl (C=O) groups is 2. The maximum Gasteiger partial charge on any atom is 0.238 e. The number of benzene rings is 1. The standard InChI is InChI=1S/C24H32N4O3/c1-3-4-5-6-7-8-9-12-17(2)31-24-22(27-20(29)15-16-21(27)30)23-25-18-13-10-11-14-19(18)28(23)26-24/h10-11,13-14,17,22H,3-9,12,15-16H2,1-2H3. The third-order valence-corrected chi connectivity index (χ3v) is 6.12. The molecule has 0 spiro atoms. The number of imidazole rings is 1.